The first-order valence-electron chi connectivity index (χ1n) is 6.24. The van der Waals surface area contributed by atoms with Crippen LogP contribution in [0.4, 0.5) is 0 Å². The second-order valence-electron chi connectivity index (χ2n) is 4.53. The number of aromatic nitrogens is 3. The van der Waals surface area contributed by atoms with E-state index >= 15 is 0 Å². The van der Waals surface area contributed by atoms with Crippen molar-refractivity contribution in [3.63, 3.8) is 0 Å². The molecule has 0 aliphatic heterocycles. The zero-order valence-electron chi connectivity index (χ0n) is 11.1. The van der Waals surface area contributed by atoms with E-state index in [0.29, 0.717) is 6.54 Å². The summed E-state index contributed by atoms with van der Waals surface area (Å²) in [5.74, 6) is 1.09. The highest BCUT2D eigenvalue weighted by Gasteiger charge is 2.14. The Balaban J connectivity index is 1.99. The fourth-order valence-corrected chi connectivity index (χ4v) is 2.95. The minimum Gasteiger partial charge on any atom is -0.306 e. The van der Waals surface area contributed by atoms with Crippen molar-refractivity contribution < 1.29 is 8.42 Å². The first-order valence-corrected chi connectivity index (χ1v) is 8.06. The molecule has 1 unspecified atom stereocenters. The van der Waals surface area contributed by atoms with Crippen LogP contribution in [-0.2, 0) is 16.4 Å². The van der Waals surface area contributed by atoms with Gasteiger partial charge < -0.3 is 5.32 Å². The van der Waals surface area contributed by atoms with Crippen LogP contribution >= 0.6 is 0 Å². The molecule has 0 aromatic carbocycles. The van der Waals surface area contributed by atoms with Crippen molar-refractivity contribution in [3.05, 3.63) is 30.2 Å². The third-order valence-electron chi connectivity index (χ3n) is 2.94. The van der Waals surface area contributed by atoms with E-state index in [0.717, 1.165) is 11.5 Å². The molecule has 2 rings (SSSR count). The minimum absolute atomic E-state index is 0.110. The molecule has 6 nitrogen and oxygen atoms in total. The van der Waals surface area contributed by atoms with Gasteiger partial charge in [-0.3, -0.25) is 4.40 Å². The van der Waals surface area contributed by atoms with Crippen LogP contribution in [0.15, 0.2) is 24.4 Å². The number of sulfone groups is 1. The number of pyridine rings is 1. The van der Waals surface area contributed by atoms with Crippen LogP contribution in [-0.4, -0.2) is 40.6 Å². The molecule has 1 atom stereocenters. The predicted octanol–water partition coefficient (Wildman–Crippen LogP) is 0.642. The van der Waals surface area contributed by atoms with Gasteiger partial charge in [0.25, 0.3) is 0 Å². The normalized spacial score (nSPS) is 13.8. The lowest BCUT2D eigenvalue weighted by Crippen LogP contribution is -2.33. The Morgan fingerprint density at radius 1 is 1.37 bits per heavy atom. The van der Waals surface area contributed by atoms with E-state index in [1.165, 1.54) is 0 Å². The van der Waals surface area contributed by atoms with E-state index in [-0.39, 0.29) is 17.5 Å². The van der Waals surface area contributed by atoms with Crippen molar-refractivity contribution in [3.8, 4) is 0 Å². The van der Waals surface area contributed by atoms with Crippen LogP contribution in [0.5, 0.6) is 0 Å². The number of nitrogens with one attached hydrogen (secondary N) is 1. The van der Waals surface area contributed by atoms with E-state index in [2.05, 4.69) is 15.5 Å². The molecule has 0 aliphatic rings. The smallest absolute Gasteiger partial charge is 0.160 e. The zero-order chi connectivity index (χ0) is 13.9. The molecule has 0 spiro atoms. The number of nitrogens with zero attached hydrogens (tertiary/aromatic N) is 3. The maximum absolute atomic E-state index is 11.5. The summed E-state index contributed by atoms with van der Waals surface area (Å²) in [4.78, 5) is 0. The Kier molecular flexibility index (Phi) is 4.16. The molecule has 104 valence electrons. The van der Waals surface area contributed by atoms with Gasteiger partial charge in [-0.2, -0.15) is 0 Å². The summed E-state index contributed by atoms with van der Waals surface area (Å²) in [7, 11) is -2.96. The molecular formula is C12H18N4O2S. The second kappa shape index (κ2) is 5.66. The van der Waals surface area contributed by atoms with E-state index in [1.807, 2.05) is 35.7 Å². The number of hydrogen-bond acceptors (Lipinski definition) is 5. The first-order chi connectivity index (χ1) is 9.02. The molecule has 0 radical (unpaired) electrons. The number of rotatable bonds is 6. The molecule has 0 saturated carbocycles. The molecule has 2 aromatic heterocycles. The molecule has 2 aromatic rings. The lowest BCUT2D eigenvalue weighted by molar-refractivity contribution is 0.547. The molecule has 0 saturated heterocycles. The molecule has 2 heterocycles. The molecule has 19 heavy (non-hydrogen) atoms. The largest absolute Gasteiger partial charge is 0.306 e. The first kappa shape index (κ1) is 14.0. The van der Waals surface area contributed by atoms with Gasteiger partial charge in [0, 0.05) is 18.0 Å². The predicted molar refractivity (Wildman–Crippen MR) is 73.6 cm³/mol. The Morgan fingerprint density at radius 3 is 2.89 bits per heavy atom. The zero-order valence-corrected chi connectivity index (χ0v) is 11.9. The third-order valence-corrected chi connectivity index (χ3v) is 4.82. The Labute approximate surface area is 112 Å². The molecule has 0 fully saturated rings. The third kappa shape index (κ3) is 3.51. The van der Waals surface area contributed by atoms with Gasteiger partial charge in [-0.15, -0.1) is 10.2 Å². The van der Waals surface area contributed by atoms with Crippen molar-refractivity contribution in [2.45, 2.75) is 26.4 Å². The average Bonchev–Trinajstić information content (AvgIpc) is 2.79. The fraction of sp³-hybridized carbons (Fsp3) is 0.500. The lowest BCUT2D eigenvalue weighted by Gasteiger charge is -2.12. The standard InChI is InChI=1S/C12H18N4O2S/c1-3-19(17,18)9-10(2)13-8-12-15-14-11-6-4-5-7-16(11)12/h4-7,10,13H,3,8-9H2,1-2H3. The molecular weight excluding hydrogens is 264 g/mol. The SMILES string of the molecule is CCS(=O)(=O)CC(C)NCc1nnc2ccccn12. The van der Waals surface area contributed by atoms with Crippen LogP contribution in [0.3, 0.4) is 0 Å². The van der Waals surface area contributed by atoms with Gasteiger partial charge in [-0.05, 0) is 19.1 Å². The number of hydrogen-bond donors (Lipinski definition) is 1. The van der Waals surface area contributed by atoms with E-state index < -0.39 is 9.84 Å². The topological polar surface area (TPSA) is 76.4 Å². The van der Waals surface area contributed by atoms with Gasteiger partial charge in [0.05, 0.1) is 12.3 Å². The minimum atomic E-state index is -2.96. The summed E-state index contributed by atoms with van der Waals surface area (Å²) in [6.45, 7) is 4.01. The fourth-order valence-electron chi connectivity index (χ4n) is 1.83. The Hall–Kier alpha value is -1.47. The molecule has 0 amide bonds. The Bertz CT molecular complexity index is 651. The highest BCUT2D eigenvalue weighted by Crippen LogP contribution is 2.03. The summed E-state index contributed by atoms with van der Waals surface area (Å²) in [6, 6.07) is 5.57. The van der Waals surface area contributed by atoms with Crippen molar-refractivity contribution in [2.75, 3.05) is 11.5 Å². The van der Waals surface area contributed by atoms with Gasteiger partial charge in [0.1, 0.15) is 0 Å². The van der Waals surface area contributed by atoms with Gasteiger partial charge >= 0.3 is 0 Å². The van der Waals surface area contributed by atoms with Crippen molar-refractivity contribution in [2.24, 2.45) is 0 Å². The van der Waals surface area contributed by atoms with Gasteiger partial charge in [-0.1, -0.05) is 13.0 Å². The van der Waals surface area contributed by atoms with E-state index in [4.69, 9.17) is 0 Å². The van der Waals surface area contributed by atoms with Crippen molar-refractivity contribution in [1.82, 2.24) is 19.9 Å². The maximum Gasteiger partial charge on any atom is 0.160 e. The molecule has 7 heteroatoms. The van der Waals surface area contributed by atoms with Crippen LogP contribution < -0.4 is 5.32 Å². The molecule has 0 aliphatic carbocycles. The van der Waals surface area contributed by atoms with Crippen LogP contribution in [0.2, 0.25) is 0 Å². The van der Waals surface area contributed by atoms with E-state index in [1.54, 1.807) is 6.92 Å². The van der Waals surface area contributed by atoms with Crippen LogP contribution in [0.1, 0.15) is 19.7 Å². The van der Waals surface area contributed by atoms with Crippen molar-refractivity contribution in [1.29, 1.82) is 0 Å². The average molecular weight is 282 g/mol. The Morgan fingerprint density at radius 2 is 2.16 bits per heavy atom. The highest BCUT2D eigenvalue weighted by molar-refractivity contribution is 7.91. The van der Waals surface area contributed by atoms with E-state index in [9.17, 15) is 8.42 Å². The summed E-state index contributed by atoms with van der Waals surface area (Å²) in [5.41, 5.74) is 0.785. The summed E-state index contributed by atoms with van der Waals surface area (Å²) < 4.78 is 24.9. The maximum atomic E-state index is 11.5. The monoisotopic (exact) mass is 282 g/mol. The highest BCUT2D eigenvalue weighted by atomic mass is 32.2. The number of fused-ring (bicyclic) bond motifs is 1. The van der Waals surface area contributed by atoms with Gasteiger partial charge in [0.15, 0.2) is 21.3 Å². The van der Waals surface area contributed by atoms with Crippen LogP contribution in [0, 0.1) is 0 Å². The molecule has 0 bridgehead atoms. The van der Waals surface area contributed by atoms with Gasteiger partial charge in [-0.25, -0.2) is 8.42 Å². The summed E-state index contributed by atoms with van der Waals surface area (Å²) >= 11 is 0. The quantitative estimate of drug-likeness (QED) is 0.841. The van der Waals surface area contributed by atoms with Crippen molar-refractivity contribution >= 4 is 15.5 Å². The molecule has 1 N–H and O–H groups in total. The summed E-state index contributed by atoms with van der Waals surface area (Å²) in [6.07, 6.45) is 1.89. The summed E-state index contributed by atoms with van der Waals surface area (Å²) in [5, 5.41) is 11.3. The second-order valence-corrected chi connectivity index (χ2v) is 6.92. The lowest BCUT2D eigenvalue weighted by atomic mass is 10.4. The van der Waals surface area contributed by atoms with Gasteiger partial charge in [0.2, 0.25) is 0 Å². The van der Waals surface area contributed by atoms with Crippen LogP contribution in [0.25, 0.3) is 5.65 Å².